The summed E-state index contributed by atoms with van der Waals surface area (Å²) < 4.78 is 0. The van der Waals surface area contributed by atoms with E-state index < -0.39 is 11.9 Å². The molecule has 0 unspecified atom stereocenters. The van der Waals surface area contributed by atoms with Gasteiger partial charge in [-0.05, 0) is 17.2 Å². The van der Waals surface area contributed by atoms with E-state index in [9.17, 15) is 9.59 Å². The summed E-state index contributed by atoms with van der Waals surface area (Å²) in [6, 6.07) is 2.92. The van der Waals surface area contributed by atoms with Gasteiger partial charge in [-0.3, -0.25) is 0 Å². The van der Waals surface area contributed by atoms with Crippen molar-refractivity contribution in [3.05, 3.63) is 34.4 Å². The molecule has 70 valence electrons. The number of fused-ring (bicyclic) bond motifs is 1. The monoisotopic (exact) mass is 190 g/mol. The van der Waals surface area contributed by atoms with Crippen LogP contribution in [-0.2, 0) is 0 Å². The Hall–Kier alpha value is -2.10. The first-order valence-electron chi connectivity index (χ1n) is 3.93. The van der Waals surface area contributed by atoms with Gasteiger partial charge in [-0.1, -0.05) is 18.2 Å². The van der Waals surface area contributed by atoms with Crippen LogP contribution in [0.3, 0.4) is 0 Å². The van der Waals surface area contributed by atoms with E-state index in [1.807, 2.05) is 0 Å². The molecular weight excluding hydrogens is 184 g/mol. The van der Waals surface area contributed by atoms with Crippen molar-refractivity contribution in [3.63, 3.8) is 0 Å². The van der Waals surface area contributed by atoms with Crippen LogP contribution in [0.1, 0.15) is 31.8 Å². The predicted octanol–water partition coefficient (Wildman–Crippen LogP) is 1.57. The molecule has 0 radical (unpaired) electrons. The van der Waals surface area contributed by atoms with Crippen molar-refractivity contribution in [2.75, 3.05) is 0 Å². The number of benzene rings is 1. The molecule has 0 aliphatic heterocycles. The van der Waals surface area contributed by atoms with E-state index >= 15 is 0 Å². The normalized spacial score (nSPS) is 11.7. The highest BCUT2D eigenvalue weighted by molar-refractivity contribution is 6.08. The number of carboxylic acid groups (broad SMARTS) is 2. The zero-order valence-corrected chi connectivity index (χ0v) is 7.02. The Morgan fingerprint density at radius 2 is 1.71 bits per heavy atom. The van der Waals surface area contributed by atoms with Gasteiger partial charge in [0.05, 0.1) is 11.1 Å². The number of carbonyl (C=O) groups is 2. The minimum absolute atomic E-state index is 0.127. The molecule has 4 nitrogen and oxygen atoms in total. The first kappa shape index (κ1) is 8.50. The van der Waals surface area contributed by atoms with E-state index in [1.165, 1.54) is 6.07 Å². The van der Waals surface area contributed by atoms with Crippen LogP contribution in [-0.4, -0.2) is 22.2 Å². The average molecular weight is 190 g/mol. The third-order valence-corrected chi connectivity index (χ3v) is 2.15. The molecule has 0 bridgehead atoms. The fourth-order valence-electron chi connectivity index (χ4n) is 1.45. The Balaban J connectivity index is 2.70. The van der Waals surface area contributed by atoms with Crippen molar-refractivity contribution in [2.45, 2.75) is 0 Å². The summed E-state index contributed by atoms with van der Waals surface area (Å²) in [4.78, 5) is 21.6. The minimum Gasteiger partial charge on any atom is -0.478 e. The fraction of sp³-hybridized carbons (Fsp3) is 0. The zero-order chi connectivity index (χ0) is 10.3. The van der Waals surface area contributed by atoms with Crippen molar-refractivity contribution < 1.29 is 19.8 Å². The Morgan fingerprint density at radius 1 is 1.00 bits per heavy atom. The Bertz CT molecular complexity index is 471. The summed E-state index contributed by atoms with van der Waals surface area (Å²) in [5.74, 6) is -2.42. The number of aromatic carboxylic acids is 2. The van der Waals surface area contributed by atoms with Gasteiger partial charge in [-0.2, -0.15) is 0 Å². The van der Waals surface area contributed by atoms with Gasteiger partial charge in [0.2, 0.25) is 0 Å². The van der Waals surface area contributed by atoms with Crippen LogP contribution in [0.5, 0.6) is 0 Å². The lowest BCUT2D eigenvalue weighted by atomic mass is 9.89. The SMILES string of the molecule is O=C(O)c1ccc2c(c1C(=O)O)C=C2. The summed E-state index contributed by atoms with van der Waals surface area (Å²) in [7, 11) is 0. The highest BCUT2D eigenvalue weighted by Crippen LogP contribution is 2.29. The van der Waals surface area contributed by atoms with Gasteiger partial charge < -0.3 is 10.2 Å². The highest BCUT2D eigenvalue weighted by atomic mass is 16.4. The number of hydrogen-bond donors (Lipinski definition) is 2. The second-order valence-electron chi connectivity index (χ2n) is 2.93. The number of hydrogen-bond acceptors (Lipinski definition) is 2. The fourth-order valence-corrected chi connectivity index (χ4v) is 1.45. The first-order chi connectivity index (χ1) is 6.61. The lowest BCUT2D eigenvalue weighted by molar-refractivity contribution is 0.0651. The molecule has 0 saturated heterocycles. The third kappa shape index (κ3) is 1.01. The molecule has 0 aromatic heterocycles. The molecule has 1 aliphatic carbocycles. The average Bonchev–Trinajstić information content (AvgIpc) is 2.05. The van der Waals surface area contributed by atoms with Crippen LogP contribution in [0.4, 0.5) is 0 Å². The molecule has 0 spiro atoms. The Labute approximate surface area is 79.1 Å². The van der Waals surface area contributed by atoms with Crippen molar-refractivity contribution >= 4 is 24.1 Å². The molecule has 1 aliphatic rings. The van der Waals surface area contributed by atoms with E-state index in [1.54, 1.807) is 18.2 Å². The molecule has 1 aromatic carbocycles. The van der Waals surface area contributed by atoms with Crippen molar-refractivity contribution in [1.82, 2.24) is 0 Å². The molecule has 0 saturated carbocycles. The molecular formula is C10H6O4. The molecule has 1 aromatic rings. The predicted molar refractivity (Wildman–Crippen MR) is 49.3 cm³/mol. The summed E-state index contributed by atoms with van der Waals surface area (Å²) in [5.41, 5.74) is 0.975. The maximum Gasteiger partial charge on any atom is 0.337 e. The topological polar surface area (TPSA) is 74.6 Å². The Morgan fingerprint density at radius 3 is 2.14 bits per heavy atom. The highest BCUT2D eigenvalue weighted by Gasteiger charge is 2.23. The van der Waals surface area contributed by atoms with Crippen LogP contribution in [0.15, 0.2) is 12.1 Å². The van der Waals surface area contributed by atoms with Crippen molar-refractivity contribution in [3.8, 4) is 0 Å². The maximum absolute atomic E-state index is 10.8. The van der Waals surface area contributed by atoms with Gasteiger partial charge in [0.1, 0.15) is 0 Å². The summed E-state index contributed by atoms with van der Waals surface area (Å²) in [6.45, 7) is 0. The van der Waals surface area contributed by atoms with Crippen LogP contribution >= 0.6 is 0 Å². The standard InChI is InChI=1S/C10H6O4/c11-9(12)7-4-2-5-1-3-6(5)8(7)10(13)14/h1-4H,(H,11,12)(H,13,14). The quantitative estimate of drug-likeness (QED) is 0.753. The Kier molecular flexibility index (Phi) is 1.64. The molecule has 14 heavy (non-hydrogen) atoms. The van der Waals surface area contributed by atoms with E-state index in [0.717, 1.165) is 5.56 Å². The minimum atomic E-state index is -1.22. The largest absolute Gasteiger partial charge is 0.478 e. The third-order valence-electron chi connectivity index (χ3n) is 2.15. The zero-order valence-electron chi connectivity index (χ0n) is 7.02. The maximum atomic E-state index is 10.8. The summed E-state index contributed by atoms with van der Waals surface area (Å²) >= 11 is 0. The van der Waals surface area contributed by atoms with E-state index in [2.05, 4.69) is 0 Å². The van der Waals surface area contributed by atoms with E-state index in [0.29, 0.717) is 5.56 Å². The van der Waals surface area contributed by atoms with Crippen LogP contribution in [0.25, 0.3) is 12.2 Å². The lowest BCUT2D eigenvalue weighted by Crippen LogP contribution is -2.12. The van der Waals surface area contributed by atoms with Gasteiger partial charge in [-0.25, -0.2) is 9.59 Å². The van der Waals surface area contributed by atoms with E-state index in [-0.39, 0.29) is 11.1 Å². The second kappa shape index (κ2) is 2.70. The number of rotatable bonds is 2. The van der Waals surface area contributed by atoms with Crippen LogP contribution < -0.4 is 0 Å². The molecule has 0 amide bonds. The number of carboxylic acids is 2. The molecule has 2 rings (SSSR count). The first-order valence-corrected chi connectivity index (χ1v) is 3.93. The van der Waals surface area contributed by atoms with Crippen LogP contribution in [0.2, 0.25) is 0 Å². The summed E-state index contributed by atoms with van der Waals surface area (Å²) in [5, 5.41) is 17.6. The van der Waals surface area contributed by atoms with Gasteiger partial charge in [-0.15, -0.1) is 0 Å². The lowest BCUT2D eigenvalue weighted by Gasteiger charge is -2.14. The molecule has 2 N–H and O–H groups in total. The van der Waals surface area contributed by atoms with E-state index in [4.69, 9.17) is 10.2 Å². The molecule has 0 fully saturated rings. The van der Waals surface area contributed by atoms with Crippen molar-refractivity contribution in [2.24, 2.45) is 0 Å². The van der Waals surface area contributed by atoms with Crippen molar-refractivity contribution in [1.29, 1.82) is 0 Å². The molecule has 0 heterocycles. The van der Waals surface area contributed by atoms with Gasteiger partial charge in [0.25, 0.3) is 0 Å². The summed E-state index contributed by atoms with van der Waals surface area (Å²) in [6.07, 6.45) is 3.35. The van der Waals surface area contributed by atoms with Gasteiger partial charge >= 0.3 is 11.9 Å². The molecule has 4 heteroatoms. The van der Waals surface area contributed by atoms with Gasteiger partial charge in [0.15, 0.2) is 0 Å². The van der Waals surface area contributed by atoms with Gasteiger partial charge in [0, 0.05) is 0 Å². The second-order valence-corrected chi connectivity index (χ2v) is 2.93. The molecule has 0 atom stereocenters. The van der Waals surface area contributed by atoms with Crippen LogP contribution in [0, 0.1) is 0 Å². The smallest absolute Gasteiger partial charge is 0.337 e.